The van der Waals surface area contributed by atoms with Crippen LogP contribution in [0.5, 0.6) is 0 Å². The van der Waals surface area contributed by atoms with E-state index in [-0.39, 0.29) is 11.2 Å². The first-order valence-electron chi connectivity index (χ1n) is 6.36. The molecule has 0 saturated carbocycles. The first kappa shape index (κ1) is 15.3. The maximum absolute atomic E-state index is 11.4. The smallest absolute Gasteiger partial charge is 0.312 e. The van der Waals surface area contributed by atoms with Crippen LogP contribution in [0.15, 0.2) is 9.95 Å². The molecular weight excluding hydrogens is 248 g/mol. The topological polar surface area (TPSA) is 62.7 Å². The Morgan fingerprint density at radius 2 is 2.17 bits per heavy atom. The van der Waals surface area contributed by atoms with Crippen molar-refractivity contribution in [3.05, 3.63) is 10.5 Å². The molecule has 0 bridgehead atoms. The van der Waals surface area contributed by atoms with E-state index in [9.17, 15) is 4.79 Å². The summed E-state index contributed by atoms with van der Waals surface area (Å²) in [5.41, 5.74) is 0.0250. The number of nitrogens with zero attached hydrogens (tertiary/aromatic N) is 2. The van der Waals surface area contributed by atoms with Crippen molar-refractivity contribution in [2.24, 2.45) is 5.92 Å². The van der Waals surface area contributed by atoms with E-state index in [2.05, 4.69) is 43.2 Å². The van der Waals surface area contributed by atoms with Crippen molar-refractivity contribution < 1.29 is 0 Å². The summed E-state index contributed by atoms with van der Waals surface area (Å²) in [5.74, 6) is 1.49. The molecule has 0 aromatic carbocycles. The van der Waals surface area contributed by atoms with Gasteiger partial charge < -0.3 is 5.32 Å². The van der Waals surface area contributed by atoms with E-state index in [1.54, 1.807) is 16.3 Å². The fourth-order valence-electron chi connectivity index (χ4n) is 1.45. The third-order valence-corrected chi connectivity index (χ3v) is 3.82. The van der Waals surface area contributed by atoms with Gasteiger partial charge in [0.25, 0.3) is 0 Å². The molecule has 1 unspecified atom stereocenters. The number of thioether (sulfide) groups is 1. The minimum absolute atomic E-state index is 0.125. The Labute approximate surface area is 113 Å². The highest BCUT2D eigenvalue weighted by Gasteiger charge is 2.13. The molecule has 0 aliphatic carbocycles. The molecule has 0 spiro atoms. The van der Waals surface area contributed by atoms with Crippen LogP contribution in [-0.2, 0) is 6.54 Å². The second-order valence-electron chi connectivity index (χ2n) is 5.60. The Morgan fingerprint density at radius 3 is 2.72 bits per heavy atom. The van der Waals surface area contributed by atoms with Crippen LogP contribution in [-0.4, -0.2) is 32.6 Å². The summed E-state index contributed by atoms with van der Waals surface area (Å²) < 4.78 is 1.66. The Morgan fingerprint density at radius 1 is 1.50 bits per heavy atom. The molecule has 6 heteroatoms. The normalized spacial score (nSPS) is 13.8. The lowest BCUT2D eigenvalue weighted by molar-refractivity contribution is 0.395. The van der Waals surface area contributed by atoms with Gasteiger partial charge in [-0.05, 0) is 40.2 Å². The van der Waals surface area contributed by atoms with Crippen LogP contribution >= 0.6 is 11.8 Å². The summed E-state index contributed by atoms with van der Waals surface area (Å²) in [7, 11) is 0. The van der Waals surface area contributed by atoms with Crippen molar-refractivity contribution in [2.75, 3.05) is 12.3 Å². The Hall–Kier alpha value is -0.750. The monoisotopic (exact) mass is 272 g/mol. The van der Waals surface area contributed by atoms with Crippen molar-refractivity contribution in [3.8, 4) is 0 Å². The summed E-state index contributed by atoms with van der Waals surface area (Å²) in [6.07, 6.45) is 0. The van der Waals surface area contributed by atoms with Gasteiger partial charge in [0.05, 0.1) is 0 Å². The molecule has 18 heavy (non-hydrogen) atoms. The zero-order valence-corrected chi connectivity index (χ0v) is 12.7. The molecule has 1 aromatic heterocycles. The maximum atomic E-state index is 11.4. The minimum Gasteiger partial charge on any atom is -0.312 e. The Balaban J connectivity index is 2.43. The van der Waals surface area contributed by atoms with Crippen molar-refractivity contribution in [1.82, 2.24) is 20.1 Å². The van der Waals surface area contributed by atoms with E-state index >= 15 is 0 Å². The molecular formula is C12H24N4OS. The van der Waals surface area contributed by atoms with Crippen LogP contribution in [0.3, 0.4) is 0 Å². The molecule has 0 fully saturated rings. The molecule has 1 atom stereocenters. The van der Waals surface area contributed by atoms with Gasteiger partial charge in [-0.25, -0.2) is 9.89 Å². The van der Waals surface area contributed by atoms with Gasteiger partial charge in [-0.15, -0.1) is 5.10 Å². The van der Waals surface area contributed by atoms with Gasteiger partial charge in [0, 0.05) is 17.8 Å². The van der Waals surface area contributed by atoms with Crippen LogP contribution < -0.4 is 11.0 Å². The number of aromatic nitrogens is 3. The zero-order valence-electron chi connectivity index (χ0n) is 11.9. The van der Waals surface area contributed by atoms with Gasteiger partial charge in [-0.2, -0.15) is 0 Å². The number of hydrogen-bond donors (Lipinski definition) is 2. The first-order chi connectivity index (χ1) is 8.33. The third-order valence-electron chi connectivity index (χ3n) is 2.52. The summed E-state index contributed by atoms with van der Waals surface area (Å²) >= 11 is 1.63. The van der Waals surface area contributed by atoms with Gasteiger partial charge in [0.2, 0.25) is 0 Å². The summed E-state index contributed by atoms with van der Waals surface area (Å²) in [6, 6.07) is 0. The van der Waals surface area contributed by atoms with Gasteiger partial charge >= 0.3 is 5.69 Å². The van der Waals surface area contributed by atoms with Gasteiger partial charge in [0.1, 0.15) is 0 Å². The molecule has 0 amide bonds. The molecule has 0 radical (unpaired) electrons. The van der Waals surface area contributed by atoms with Crippen LogP contribution in [0, 0.1) is 5.92 Å². The number of rotatable bonds is 6. The molecule has 5 nitrogen and oxygen atoms in total. The third kappa shape index (κ3) is 4.86. The predicted molar refractivity (Wildman–Crippen MR) is 76.2 cm³/mol. The van der Waals surface area contributed by atoms with Gasteiger partial charge in [-0.3, -0.25) is 4.57 Å². The van der Waals surface area contributed by atoms with Crippen LogP contribution in [0.4, 0.5) is 0 Å². The molecule has 0 saturated heterocycles. The molecule has 0 aliphatic heterocycles. The summed E-state index contributed by atoms with van der Waals surface area (Å²) in [6.45, 7) is 12.3. The fraction of sp³-hybridized carbons (Fsp3) is 0.833. The number of nitrogens with one attached hydrogen (secondary N) is 2. The Kier molecular flexibility index (Phi) is 5.47. The number of hydrogen-bond acceptors (Lipinski definition) is 4. The standard InChI is InChI=1S/C12H24N4OS/c1-6-16-10(17)14-15-11(16)18-8-9(2)7-13-12(3,4)5/h9,13H,6-8H2,1-5H3,(H,14,17). The quantitative estimate of drug-likeness (QED) is 0.774. The summed E-state index contributed by atoms with van der Waals surface area (Å²) in [5, 5.41) is 10.8. The largest absolute Gasteiger partial charge is 0.343 e. The highest BCUT2D eigenvalue weighted by Crippen LogP contribution is 2.17. The second kappa shape index (κ2) is 6.43. The number of aromatic amines is 1. The van der Waals surface area contributed by atoms with E-state index < -0.39 is 0 Å². The van der Waals surface area contributed by atoms with Crippen molar-refractivity contribution >= 4 is 11.8 Å². The van der Waals surface area contributed by atoms with Gasteiger partial charge in [-0.1, -0.05) is 18.7 Å². The second-order valence-corrected chi connectivity index (χ2v) is 6.59. The average molecular weight is 272 g/mol. The highest BCUT2D eigenvalue weighted by atomic mass is 32.2. The van der Waals surface area contributed by atoms with Crippen molar-refractivity contribution in [1.29, 1.82) is 0 Å². The highest BCUT2D eigenvalue weighted by molar-refractivity contribution is 7.99. The summed E-state index contributed by atoms with van der Waals surface area (Å²) in [4.78, 5) is 11.4. The fourth-order valence-corrected chi connectivity index (χ4v) is 2.48. The Bertz CT molecular complexity index is 418. The first-order valence-corrected chi connectivity index (χ1v) is 7.35. The molecule has 1 heterocycles. The van der Waals surface area contributed by atoms with E-state index in [0.717, 1.165) is 17.5 Å². The number of H-pyrrole nitrogens is 1. The lowest BCUT2D eigenvalue weighted by atomic mass is 10.1. The minimum atomic E-state index is -0.125. The predicted octanol–water partition coefficient (Wildman–Crippen LogP) is 1.71. The molecule has 104 valence electrons. The van der Waals surface area contributed by atoms with E-state index in [4.69, 9.17) is 0 Å². The van der Waals surface area contributed by atoms with E-state index in [0.29, 0.717) is 12.5 Å². The molecule has 1 rings (SSSR count). The van der Waals surface area contributed by atoms with Crippen molar-refractivity contribution in [2.45, 2.75) is 51.9 Å². The SMILES string of the molecule is CCn1c(SCC(C)CNC(C)(C)C)n[nH]c1=O. The van der Waals surface area contributed by atoms with E-state index in [1.165, 1.54) is 0 Å². The van der Waals surface area contributed by atoms with E-state index in [1.807, 2.05) is 6.92 Å². The van der Waals surface area contributed by atoms with Crippen LogP contribution in [0.2, 0.25) is 0 Å². The lowest BCUT2D eigenvalue weighted by Crippen LogP contribution is -2.39. The zero-order chi connectivity index (χ0) is 13.8. The molecule has 1 aromatic rings. The lowest BCUT2D eigenvalue weighted by Gasteiger charge is -2.23. The van der Waals surface area contributed by atoms with Gasteiger partial charge in [0.15, 0.2) is 5.16 Å². The van der Waals surface area contributed by atoms with Crippen LogP contribution in [0.1, 0.15) is 34.6 Å². The molecule has 0 aliphatic rings. The average Bonchev–Trinajstić information content (AvgIpc) is 2.63. The van der Waals surface area contributed by atoms with Crippen LogP contribution in [0.25, 0.3) is 0 Å². The maximum Gasteiger partial charge on any atom is 0.343 e. The van der Waals surface area contributed by atoms with Crippen molar-refractivity contribution in [3.63, 3.8) is 0 Å². The molecule has 2 N–H and O–H groups in total.